The molecule has 0 saturated carbocycles. The normalized spacial score (nSPS) is 14.1. The molecule has 0 aliphatic heterocycles. The Morgan fingerprint density at radius 2 is 0.810 bits per heavy atom. The number of quaternary nitrogens is 1. The van der Waals surface area contributed by atoms with E-state index in [0.29, 0.717) is 17.4 Å². The Hall–Kier alpha value is -2.55. The van der Waals surface area contributed by atoms with Crippen LogP contribution in [-0.4, -0.2) is 69.4 Å². The van der Waals surface area contributed by atoms with Crippen molar-refractivity contribution in [3.05, 3.63) is 72.9 Å². The van der Waals surface area contributed by atoms with E-state index in [1.807, 2.05) is 33.3 Å². The van der Waals surface area contributed by atoms with Gasteiger partial charge in [0.1, 0.15) is 19.3 Å². The Balaban J connectivity index is 5.07. The van der Waals surface area contributed by atoms with Crippen LogP contribution in [0.5, 0.6) is 0 Å². The molecule has 0 aromatic heterocycles. The van der Waals surface area contributed by atoms with Crippen molar-refractivity contribution in [1.29, 1.82) is 0 Å². The summed E-state index contributed by atoms with van der Waals surface area (Å²) in [4.78, 5) is 40.0. The van der Waals surface area contributed by atoms with Gasteiger partial charge >= 0.3 is 5.97 Å². The van der Waals surface area contributed by atoms with Crippen LogP contribution in [0.2, 0.25) is 0 Å². The molecule has 0 rings (SSSR count). The lowest BCUT2D eigenvalue weighted by Gasteiger charge is -2.30. The summed E-state index contributed by atoms with van der Waals surface area (Å²) in [6.07, 6.45) is 75.8. The number of esters is 1. The molecular formula is C69H127N2O7P. The van der Waals surface area contributed by atoms with Gasteiger partial charge in [-0.2, -0.15) is 0 Å². The van der Waals surface area contributed by atoms with E-state index in [9.17, 15) is 19.0 Å². The molecule has 10 heteroatoms. The predicted octanol–water partition coefficient (Wildman–Crippen LogP) is 20.2. The zero-order chi connectivity index (χ0) is 57.9. The molecule has 79 heavy (non-hydrogen) atoms. The van der Waals surface area contributed by atoms with E-state index in [4.69, 9.17) is 13.8 Å². The largest absolute Gasteiger partial charge is 0.756 e. The number of rotatable bonds is 60. The Bertz CT molecular complexity index is 1580. The van der Waals surface area contributed by atoms with E-state index in [2.05, 4.69) is 86.8 Å². The molecule has 460 valence electrons. The minimum atomic E-state index is -4.70. The molecule has 0 heterocycles. The minimum absolute atomic E-state index is 0.0231. The SMILES string of the molecule is CC/C=C\C/C=C\C/C=C\C/C=C\C/C=C\CCCCCCCCCCCCCC(=O)NC(COP(=O)([O-])OCC[N+](C)(C)C)C(/C=C\CCCCCCCCCCCCC)OC(=O)CCCCCCCCCCCCCCC. The maximum atomic E-state index is 13.6. The summed E-state index contributed by atoms with van der Waals surface area (Å²) in [6, 6.07) is -0.890. The molecule has 0 fully saturated rings. The number of hydrogen-bond donors (Lipinski definition) is 1. The highest BCUT2D eigenvalue weighted by molar-refractivity contribution is 7.45. The predicted molar refractivity (Wildman–Crippen MR) is 339 cm³/mol. The molecule has 1 amide bonds. The summed E-state index contributed by atoms with van der Waals surface area (Å²) in [5.74, 6) is -0.536. The molecule has 0 aliphatic carbocycles. The first kappa shape index (κ1) is 76.5. The van der Waals surface area contributed by atoms with Crippen LogP contribution in [0.25, 0.3) is 0 Å². The Labute approximate surface area is 489 Å². The third-order valence-corrected chi connectivity index (χ3v) is 15.6. The topological polar surface area (TPSA) is 114 Å². The van der Waals surface area contributed by atoms with Gasteiger partial charge in [-0.3, -0.25) is 14.2 Å². The van der Waals surface area contributed by atoms with Crippen LogP contribution in [0.4, 0.5) is 0 Å². The number of likely N-dealkylation sites (N-methyl/N-ethyl adjacent to an activating group) is 1. The van der Waals surface area contributed by atoms with Gasteiger partial charge in [0, 0.05) is 12.8 Å². The number of unbranched alkanes of at least 4 members (excludes halogenated alkanes) is 34. The summed E-state index contributed by atoms with van der Waals surface area (Å²) in [5.41, 5.74) is 0. The summed E-state index contributed by atoms with van der Waals surface area (Å²) in [5, 5.41) is 3.04. The van der Waals surface area contributed by atoms with Crippen molar-refractivity contribution in [1.82, 2.24) is 5.32 Å². The smallest absolute Gasteiger partial charge is 0.306 e. The van der Waals surface area contributed by atoms with E-state index >= 15 is 0 Å². The van der Waals surface area contributed by atoms with Crippen LogP contribution in [-0.2, 0) is 27.9 Å². The Morgan fingerprint density at radius 3 is 1.22 bits per heavy atom. The third-order valence-electron chi connectivity index (χ3n) is 14.7. The molecule has 0 bridgehead atoms. The fourth-order valence-corrected chi connectivity index (χ4v) is 10.3. The highest BCUT2D eigenvalue weighted by Crippen LogP contribution is 2.38. The van der Waals surface area contributed by atoms with Gasteiger partial charge in [0.05, 0.1) is 33.8 Å². The first-order chi connectivity index (χ1) is 38.4. The molecule has 0 saturated heterocycles. The van der Waals surface area contributed by atoms with Gasteiger partial charge in [0.2, 0.25) is 5.91 Å². The van der Waals surface area contributed by atoms with Crippen molar-refractivity contribution >= 4 is 19.7 Å². The molecular weight excluding hydrogens is 1000 g/mol. The average molecular weight is 1130 g/mol. The molecule has 0 aromatic carbocycles. The van der Waals surface area contributed by atoms with Crippen LogP contribution < -0.4 is 10.2 Å². The molecule has 0 spiro atoms. The van der Waals surface area contributed by atoms with Crippen LogP contribution in [0, 0.1) is 0 Å². The summed E-state index contributed by atoms with van der Waals surface area (Å²) < 4.78 is 30.4. The number of ether oxygens (including phenoxy) is 1. The van der Waals surface area contributed by atoms with Crippen molar-refractivity contribution < 1.29 is 37.3 Å². The number of carbonyl (C=O) groups excluding carboxylic acids is 2. The summed E-state index contributed by atoms with van der Waals surface area (Å²) in [6.45, 7) is 6.75. The van der Waals surface area contributed by atoms with E-state index < -0.39 is 20.0 Å². The number of hydrogen-bond acceptors (Lipinski definition) is 7. The standard InChI is InChI=1S/C69H127N2O7P/c1-7-10-13-16-19-22-25-28-29-30-31-32-33-34-35-36-37-38-39-40-41-44-46-49-52-55-58-61-68(72)70-66(65-77-79(74,75)76-64-63-71(4,5)6)67(60-57-54-51-48-45-42-26-23-20-17-14-11-8-2)78-69(73)62-59-56-53-50-47-43-27-24-21-18-15-12-9-3/h10,13,19,22,28-29,31-32,34-35,57,60,66-67H,7-9,11-12,14-18,20-21,23-27,30,33,36-56,58-59,61-65H2,1-6H3,(H-,70,72,74,75)/b13-10-,22-19-,29-28-,32-31-,35-34-,60-57-. The maximum absolute atomic E-state index is 13.6. The lowest BCUT2D eigenvalue weighted by Crippen LogP contribution is -2.47. The quantitative estimate of drug-likeness (QED) is 0.0212. The minimum Gasteiger partial charge on any atom is -0.756 e. The van der Waals surface area contributed by atoms with Gasteiger partial charge in [0.25, 0.3) is 7.82 Å². The van der Waals surface area contributed by atoms with Gasteiger partial charge in [-0.25, -0.2) is 0 Å². The fraction of sp³-hybridized carbons (Fsp3) is 0.797. The zero-order valence-corrected chi connectivity index (χ0v) is 53.5. The monoisotopic (exact) mass is 1130 g/mol. The zero-order valence-electron chi connectivity index (χ0n) is 52.6. The lowest BCUT2D eigenvalue weighted by atomic mass is 10.0. The van der Waals surface area contributed by atoms with Gasteiger partial charge in [0.15, 0.2) is 0 Å². The van der Waals surface area contributed by atoms with Crippen LogP contribution in [0.3, 0.4) is 0 Å². The molecule has 1 N–H and O–H groups in total. The van der Waals surface area contributed by atoms with Crippen molar-refractivity contribution in [2.75, 3.05) is 40.9 Å². The van der Waals surface area contributed by atoms with Crippen molar-refractivity contribution in [3.8, 4) is 0 Å². The number of phosphoric acid groups is 1. The molecule has 3 unspecified atom stereocenters. The van der Waals surface area contributed by atoms with Crippen molar-refractivity contribution in [2.45, 2.75) is 315 Å². The van der Waals surface area contributed by atoms with Crippen LogP contribution >= 0.6 is 7.82 Å². The average Bonchev–Trinajstić information content (AvgIpc) is 3.41. The third kappa shape index (κ3) is 59.9. The van der Waals surface area contributed by atoms with Crippen LogP contribution in [0.1, 0.15) is 303 Å². The molecule has 0 radical (unpaired) electrons. The number of phosphoric ester groups is 1. The molecule has 3 atom stereocenters. The Kier molecular flexibility index (Phi) is 56.7. The molecule has 9 nitrogen and oxygen atoms in total. The van der Waals surface area contributed by atoms with Gasteiger partial charge in [-0.05, 0) is 76.7 Å². The van der Waals surface area contributed by atoms with Gasteiger partial charge < -0.3 is 28.5 Å². The van der Waals surface area contributed by atoms with Crippen molar-refractivity contribution in [2.24, 2.45) is 0 Å². The second-order valence-corrected chi connectivity index (χ2v) is 25.0. The Morgan fingerprint density at radius 1 is 0.456 bits per heavy atom. The summed E-state index contributed by atoms with van der Waals surface area (Å²) >= 11 is 0. The maximum Gasteiger partial charge on any atom is 0.306 e. The van der Waals surface area contributed by atoms with Crippen LogP contribution in [0.15, 0.2) is 72.9 Å². The van der Waals surface area contributed by atoms with Gasteiger partial charge in [-0.1, -0.05) is 287 Å². The van der Waals surface area contributed by atoms with E-state index in [-0.39, 0.29) is 31.5 Å². The molecule has 0 aromatic rings. The number of carbonyl (C=O) groups is 2. The first-order valence-electron chi connectivity index (χ1n) is 33.2. The van der Waals surface area contributed by atoms with E-state index in [1.165, 1.54) is 173 Å². The second-order valence-electron chi connectivity index (χ2n) is 23.6. The first-order valence-corrected chi connectivity index (χ1v) is 34.7. The van der Waals surface area contributed by atoms with Crippen molar-refractivity contribution in [3.63, 3.8) is 0 Å². The van der Waals surface area contributed by atoms with Gasteiger partial charge in [-0.15, -0.1) is 0 Å². The fourth-order valence-electron chi connectivity index (χ4n) is 9.55. The number of nitrogens with one attached hydrogen (secondary N) is 1. The summed E-state index contributed by atoms with van der Waals surface area (Å²) in [7, 11) is 1.19. The highest BCUT2D eigenvalue weighted by Gasteiger charge is 2.27. The second kappa shape index (κ2) is 58.6. The van der Waals surface area contributed by atoms with E-state index in [0.717, 1.165) is 96.3 Å². The highest BCUT2D eigenvalue weighted by atomic mass is 31.2. The number of allylic oxidation sites excluding steroid dienone is 11. The number of nitrogens with zero attached hydrogens (tertiary/aromatic N) is 1. The molecule has 0 aliphatic rings. The lowest BCUT2D eigenvalue weighted by molar-refractivity contribution is -0.870. The van der Waals surface area contributed by atoms with E-state index in [1.54, 1.807) is 0 Å². The number of amides is 1.